The minimum atomic E-state index is -0.509. The maximum atomic E-state index is 13.1. The van der Waals surface area contributed by atoms with E-state index in [1.807, 2.05) is 7.05 Å². The van der Waals surface area contributed by atoms with Crippen LogP contribution in [0.2, 0.25) is 0 Å². The van der Waals surface area contributed by atoms with Crippen LogP contribution in [0, 0.1) is 11.9 Å². The summed E-state index contributed by atoms with van der Waals surface area (Å²) in [5.74, 6) is 0.285. The highest BCUT2D eigenvalue weighted by Gasteiger charge is 2.10. The Hall–Kier alpha value is -1.19. The van der Waals surface area contributed by atoms with Crippen molar-refractivity contribution in [2.24, 2.45) is 5.92 Å². The average molecular weight is 183 g/mol. The zero-order valence-corrected chi connectivity index (χ0v) is 8.16. The van der Waals surface area contributed by atoms with Crippen LogP contribution < -0.4 is 4.90 Å². The lowest BCUT2D eigenvalue weighted by molar-refractivity contribution is 0.560. The second-order valence-corrected chi connectivity index (χ2v) is 3.45. The Morgan fingerprint density at radius 3 is 2.54 bits per heavy atom. The van der Waals surface area contributed by atoms with E-state index in [9.17, 15) is 4.39 Å². The molecule has 1 aromatic heterocycles. The Morgan fingerprint density at radius 2 is 2.00 bits per heavy atom. The van der Waals surface area contributed by atoms with Gasteiger partial charge in [-0.05, 0) is 5.92 Å². The lowest BCUT2D eigenvalue weighted by Crippen LogP contribution is -2.24. The van der Waals surface area contributed by atoms with E-state index in [4.69, 9.17) is 0 Å². The monoisotopic (exact) mass is 183 g/mol. The number of anilines is 1. The summed E-state index contributed by atoms with van der Waals surface area (Å²) in [6, 6.07) is 0. The van der Waals surface area contributed by atoms with Crippen LogP contribution in [0.25, 0.3) is 0 Å². The maximum absolute atomic E-state index is 13.1. The average Bonchev–Trinajstić information content (AvgIpc) is 2.03. The molecule has 0 bridgehead atoms. The topological polar surface area (TPSA) is 29.0 Å². The first kappa shape index (κ1) is 9.89. The molecule has 1 aromatic rings. The van der Waals surface area contributed by atoms with Crippen molar-refractivity contribution in [3.05, 3.63) is 18.3 Å². The van der Waals surface area contributed by atoms with Gasteiger partial charge in [0.25, 0.3) is 5.95 Å². The van der Waals surface area contributed by atoms with Crippen molar-refractivity contribution in [3.8, 4) is 0 Å². The quantitative estimate of drug-likeness (QED) is 0.714. The molecule has 0 amide bonds. The molecule has 0 radical (unpaired) electrons. The van der Waals surface area contributed by atoms with E-state index in [0.29, 0.717) is 11.7 Å². The van der Waals surface area contributed by atoms with Crippen LogP contribution in [0.1, 0.15) is 13.8 Å². The van der Waals surface area contributed by atoms with Crippen molar-refractivity contribution in [3.63, 3.8) is 0 Å². The van der Waals surface area contributed by atoms with E-state index >= 15 is 0 Å². The smallest absolute Gasteiger partial charge is 0.255 e. The normalized spacial score (nSPS) is 10.5. The molecule has 0 aliphatic heterocycles. The van der Waals surface area contributed by atoms with Gasteiger partial charge in [0, 0.05) is 26.0 Å². The van der Waals surface area contributed by atoms with E-state index < -0.39 is 5.95 Å². The van der Waals surface area contributed by atoms with Crippen LogP contribution in [-0.2, 0) is 0 Å². The summed E-state index contributed by atoms with van der Waals surface area (Å²) in [5.41, 5.74) is 0. The largest absolute Gasteiger partial charge is 0.356 e. The van der Waals surface area contributed by atoms with Crippen molar-refractivity contribution in [1.82, 2.24) is 9.97 Å². The van der Waals surface area contributed by atoms with Crippen molar-refractivity contribution >= 4 is 5.82 Å². The molecule has 0 N–H and O–H groups in total. The lowest BCUT2D eigenvalue weighted by Gasteiger charge is -2.19. The summed E-state index contributed by atoms with van der Waals surface area (Å²) in [5, 5.41) is 0. The van der Waals surface area contributed by atoms with Gasteiger partial charge in [-0.15, -0.1) is 0 Å². The fourth-order valence-electron chi connectivity index (χ4n) is 1.20. The fourth-order valence-corrected chi connectivity index (χ4v) is 1.20. The number of aromatic nitrogens is 2. The molecule has 0 spiro atoms. The molecular weight excluding hydrogens is 169 g/mol. The predicted octanol–water partition coefficient (Wildman–Crippen LogP) is 1.71. The Bertz CT molecular complexity index is 275. The molecule has 0 aromatic carbocycles. The van der Waals surface area contributed by atoms with Gasteiger partial charge in [-0.2, -0.15) is 4.39 Å². The van der Waals surface area contributed by atoms with Crippen molar-refractivity contribution in [2.45, 2.75) is 13.8 Å². The predicted molar refractivity (Wildman–Crippen MR) is 50.1 cm³/mol. The van der Waals surface area contributed by atoms with E-state index in [1.54, 1.807) is 4.90 Å². The molecular formula is C9H14FN3. The van der Waals surface area contributed by atoms with Gasteiger partial charge in [0.05, 0.1) is 0 Å². The summed E-state index contributed by atoms with van der Waals surface area (Å²) in [7, 11) is 1.81. The van der Waals surface area contributed by atoms with E-state index in [2.05, 4.69) is 23.8 Å². The van der Waals surface area contributed by atoms with Gasteiger partial charge in [0.2, 0.25) is 0 Å². The zero-order valence-electron chi connectivity index (χ0n) is 8.16. The highest BCUT2D eigenvalue weighted by Crippen LogP contribution is 2.12. The summed E-state index contributed by atoms with van der Waals surface area (Å²) >= 11 is 0. The molecule has 0 saturated carbocycles. The molecule has 0 aliphatic rings. The SMILES string of the molecule is CC(C)CN(C)c1nccnc1F. The minimum absolute atomic E-state index is 0.316. The zero-order chi connectivity index (χ0) is 9.84. The molecule has 3 nitrogen and oxygen atoms in total. The van der Waals surface area contributed by atoms with Crippen molar-refractivity contribution in [2.75, 3.05) is 18.5 Å². The van der Waals surface area contributed by atoms with Gasteiger partial charge < -0.3 is 4.90 Å². The van der Waals surface area contributed by atoms with Gasteiger partial charge in [-0.25, -0.2) is 9.97 Å². The summed E-state index contributed by atoms with van der Waals surface area (Å²) in [6.45, 7) is 4.92. The third-order valence-corrected chi connectivity index (χ3v) is 1.64. The Kier molecular flexibility index (Phi) is 3.17. The van der Waals surface area contributed by atoms with Crippen LogP contribution in [0.15, 0.2) is 12.4 Å². The summed E-state index contributed by atoms with van der Waals surface area (Å²) in [6.07, 6.45) is 2.84. The minimum Gasteiger partial charge on any atom is -0.356 e. The molecule has 1 heterocycles. The highest BCUT2D eigenvalue weighted by atomic mass is 19.1. The molecule has 0 unspecified atom stereocenters. The van der Waals surface area contributed by atoms with Gasteiger partial charge in [-0.1, -0.05) is 13.8 Å². The molecule has 0 atom stereocenters. The Labute approximate surface area is 77.6 Å². The van der Waals surface area contributed by atoms with Crippen molar-refractivity contribution in [1.29, 1.82) is 0 Å². The molecule has 72 valence electrons. The van der Waals surface area contributed by atoms with E-state index in [0.717, 1.165) is 6.54 Å². The molecule has 0 saturated heterocycles. The maximum Gasteiger partial charge on any atom is 0.255 e. The van der Waals surface area contributed by atoms with Crippen LogP contribution in [0.3, 0.4) is 0 Å². The van der Waals surface area contributed by atoms with Crippen molar-refractivity contribution < 1.29 is 4.39 Å². The fraction of sp³-hybridized carbons (Fsp3) is 0.556. The van der Waals surface area contributed by atoms with Gasteiger partial charge in [-0.3, -0.25) is 0 Å². The second kappa shape index (κ2) is 4.16. The summed E-state index contributed by atoms with van der Waals surface area (Å²) < 4.78 is 13.1. The first-order valence-electron chi connectivity index (χ1n) is 4.29. The third kappa shape index (κ3) is 2.65. The Balaban J connectivity index is 2.76. The van der Waals surface area contributed by atoms with E-state index in [-0.39, 0.29) is 0 Å². The van der Waals surface area contributed by atoms with E-state index in [1.165, 1.54) is 12.4 Å². The van der Waals surface area contributed by atoms with Crippen LogP contribution >= 0.6 is 0 Å². The number of hydrogen-bond acceptors (Lipinski definition) is 3. The molecule has 1 rings (SSSR count). The first-order valence-corrected chi connectivity index (χ1v) is 4.29. The number of hydrogen-bond donors (Lipinski definition) is 0. The lowest BCUT2D eigenvalue weighted by atomic mass is 10.2. The van der Waals surface area contributed by atoms with Gasteiger partial charge in [0.1, 0.15) is 0 Å². The van der Waals surface area contributed by atoms with Crippen LogP contribution in [0.5, 0.6) is 0 Å². The number of nitrogens with zero attached hydrogens (tertiary/aromatic N) is 3. The Morgan fingerprint density at radius 1 is 1.38 bits per heavy atom. The second-order valence-electron chi connectivity index (χ2n) is 3.45. The third-order valence-electron chi connectivity index (χ3n) is 1.64. The highest BCUT2D eigenvalue weighted by molar-refractivity contribution is 5.35. The van der Waals surface area contributed by atoms with Crippen LogP contribution in [-0.4, -0.2) is 23.6 Å². The standard InChI is InChI=1S/C9H14FN3/c1-7(2)6-13(3)9-8(10)11-4-5-12-9/h4-5,7H,6H2,1-3H3. The molecule has 13 heavy (non-hydrogen) atoms. The molecule has 4 heteroatoms. The van der Waals surface area contributed by atoms with Gasteiger partial charge >= 0.3 is 0 Å². The molecule has 0 fully saturated rings. The first-order chi connectivity index (χ1) is 6.11. The van der Waals surface area contributed by atoms with Crippen LogP contribution in [0.4, 0.5) is 10.2 Å². The summed E-state index contributed by atoms with van der Waals surface area (Å²) in [4.78, 5) is 9.23. The molecule has 0 aliphatic carbocycles. The van der Waals surface area contributed by atoms with Gasteiger partial charge in [0.15, 0.2) is 5.82 Å². The number of halogens is 1. The number of rotatable bonds is 3.